The maximum atomic E-state index is 12.8. The minimum Gasteiger partial charge on any atom is -0.490 e. The molecule has 4 heterocycles. The van der Waals surface area contributed by atoms with Crippen LogP contribution in [0, 0.1) is 5.92 Å². The number of methoxy groups -OCH3 is 1. The van der Waals surface area contributed by atoms with Crippen molar-refractivity contribution < 1.29 is 19.0 Å². The predicted octanol–water partition coefficient (Wildman–Crippen LogP) is 4.00. The van der Waals surface area contributed by atoms with Gasteiger partial charge in [0.2, 0.25) is 0 Å². The Morgan fingerprint density at radius 3 is 2.59 bits per heavy atom. The molecule has 1 aromatic carbocycles. The predicted molar refractivity (Wildman–Crippen MR) is 130 cm³/mol. The van der Waals surface area contributed by atoms with E-state index >= 15 is 0 Å². The molecule has 1 N–H and O–H groups in total. The van der Waals surface area contributed by atoms with Crippen LogP contribution in [-0.4, -0.2) is 67.0 Å². The molecule has 0 radical (unpaired) electrons. The van der Waals surface area contributed by atoms with Crippen LogP contribution < -0.4 is 10.1 Å². The average molecular weight is 469 g/mol. The van der Waals surface area contributed by atoms with Gasteiger partial charge in [0.05, 0.1) is 24.5 Å². The number of nitrogens with one attached hydrogen (secondary N) is 1. The van der Waals surface area contributed by atoms with Crippen molar-refractivity contribution in [1.29, 1.82) is 0 Å². The molecule has 3 fully saturated rings. The van der Waals surface area contributed by atoms with Gasteiger partial charge in [-0.3, -0.25) is 0 Å². The zero-order valence-electron chi connectivity index (χ0n) is 20.5. The van der Waals surface area contributed by atoms with Gasteiger partial charge in [0.25, 0.3) is 0 Å². The molecule has 1 aromatic heterocycles. The minimum absolute atomic E-state index is 0.00161. The van der Waals surface area contributed by atoms with Crippen LogP contribution in [0.5, 0.6) is 5.75 Å². The Morgan fingerprint density at radius 1 is 1.12 bits per heavy atom. The van der Waals surface area contributed by atoms with Gasteiger partial charge in [0.1, 0.15) is 6.10 Å². The van der Waals surface area contributed by atoms with E-state index in [2.05, 4.69) is 20.2 Å². The van der Waals surface area contributed by atoms with E-state index in [9.17, 15) is 4.79 Å². The first-order chi connectivity index (χ1) is 16.4. The molecule has 8 nitrogen and oxygen atoms in total. The summed E-state index contributed by atoms with van der Waals surface area (Å²) in [4.78, 5) is 24.2. The molecule has 184 valence electrons. The summed E-state index contributed by atoms with van der Waals surface area (Å²) in [6.07, 6.45) is 6.95. The second kappa shape index (κ2) is 11.1. The van der Waals surface area contributed by atoms with E-state index in [1.54, 1.807) is 19.5 Å². The summed E-state index contributed by atoms with van der Waals surface area (Å²) in [5.41, 5.74) is 1.23. The molecule has 5 rings (SSSR count). The Hall–Kier alpha value is -2.71. The molecular formula is C26H36N4O4. The number of carbonyl (C=O) groups excluding carboxylic acids is 1. The van der Waals surface area contributed by atoms with Crippen molar-refractivity contribution in [1.82, 2.24) is 20.2 Å². The van der Waals surface area contributed by atoms with Gasteiger partial charge in [0, 0.05) is 32.2 Å². The zero-order valence-corrected chi connectivity index (χ0v) is 20.5. The largest absolute Gasteiger partial charge is 0.490 e. The smallest absolute Gasteiger partial charge is 0.408 e. The summed E-state index contributed by atoms with van der Waals surface area (Å²) < 4.78 is 16.6. The standard InChI is InChI=1S/C26H36N4O4/c1-26(2,29-25(31)34-23-10-13-30-11-8-19(23)9-12-30)21-7-4-6-20(16-21)24-27-17-22(18-28-24)33-15-5-14-32-3/h4,6-7,16-19,23H,5,8-15H2,1-3H3,(H,29,31). The van der Waals surface area contributed by atoms with Crippen LogP contribution in [0.3, 0.4) is 0 Å². The monoisotopic (exact) mass is 468 g/mol. The highest BCUT2D eigenvalue weighted by molar-refractivity contribution is 5.69. The van der Waals surface area contributed by atoms with Crippen molar-refractivity contribution in [3.63, 3.8) is 0 Å². The van der Waals surface area contributed by atoms with Crippen molar-refractivity contribution in [3.05, 3.63) is 42.2 Å². The summed E-state index contributed by atoms with van der Waals surface area (Å²) in [7, 11) is 1.67. The molecular weight excluding hydrogens is 432 g/mol. The first-order valence-corrected chi connectivity index (χ1v) is 12.2. The van der Waals surface area contributed by atoms with Gasteiger partial charge in [0.15, 0.2) is 11.6 Å². The third kappa shape index (κ3) is 6.24. The Labute approximate surface area is 202 Å². The average Bonchev–Trinajstić information content (AvgIpc) is 3.15. The molecule has 3 aliphatic rings. The second-order valence-electron chi connectivity index (χ2n) is 9.68. The van der Waals surface area contributed by atoms with Crippen LogP contribution in [0.15, 0.2) is 36.7 Å². The van der Waals surface area contributed by atoms with Crippen LogP contribution in [0.2, 0.25) is 0 Å². The van der Waals surface area contributed by atoms with Gasteiger partial charge >= 0.3 is 6.09 Å². The number of aromatic nitrogens is 2. The summed E-state index contributed by atoms with van der Waals surface area (Å²) >= 11 is 0. The Balaban J connectivity index is 1.37. The number of carbonyl (C=O) groups is 1. The molecule has 0 saturated carbocycles. The Bertz CT molecular complexity index is 942. The highest BCUT2D eigenvalue weighted by Crippen LogP contribution is 2.30. The normalized spacial score (nSPS) is 22.1. The molecule has 8 heteroatoms. The Kier molecular flexibility index (Phi) is 8.00. The molecule has 0 spiro atoms. The van der Waals surface area contributed by atoms with Gasteiger partial charge in [-0.2, -0.15) is 0 Å². The number of rotatable bonds is 9. The van der Waals surface area contributed by atoms with Gasteiger partial charge < -0.3 is 24.4 Å². The highest BCUT2D eigenvalue weighted by atomic mass is 16.6. The summed E-state index contributed by atoms with van der Waals surface area (Å²) in [6.45, 7) is 8.42. The highest BCUT2D eigenvalue weighted by Gasteiger charge is 2.34. The van der Waals surface area contributed by atoms with Crippen molar-refractivity contribution in [3.8, 4) is 17.1 Å². The number of piperidine rings is 1. The molecule has 3 saturated heterocycles. The van der Waals surface area contributed by atoms with Crippen molar-refractivity contribution in [2.24, 2.45) is 5.92 Å². The maximum Gasteiger partial charge on any atom is 0.408 e. The number of hydrogen-bond donors (Lipinski definition) is 1. The fourth-order valence-electron chi connectivity index (χ4n) is 4.72. The number of alkyl carbamates (subject to hydrolysis) is 1. The maximum absolute atomic E-state index is 12.8. The first kappa shape index (κ1) is 24.4. The number of fused-ring (bicyclic) bond motifs is 4. The molecule has 34 heavy (non-hydrogen) atoms. The number of hydrogen-bond acceptors (Lipinski definition) is 7. The van der Waals surface area contributed by atoms with Crippen molar-refractivity contribution in [2.75, 3.05) is 40.0 Å². The third-order valence-corrected chi connectivity index (χ3v) is 6.79. The minimum atomic E-state index is -0.607. The van der Waals surface area contributed by atoms with Crippen LogP contribution in [-0.2, 0) is 15.0 Å². The molecule has 3 aliphatic heterocycles. The van der Waals surface area contributed by atoms with Gasteiger partial charge in [-0.15, -0.1) is 0 Å². The first-order valence-electron chi connectivity index (χ1n) is 12.2. The summed E-state index contributed by atoms with van der Waals surface area (Å²) in [5, 5.41) is 3.07. The molecule has 1 atom stereocenters. The van der Waals surface area contributed by atoms with Crippen LogP contribution in [0.1, 0.15) is 45.1 Å². The van der Waals surface area contributed by atoms with Crippen LogP contribution in [0.25, 0.3) is 11.4 Å². The second-order valence-corrected chi connectivity index (χ2v) is 9.68. The fourth-order valence-corrected chi connectivity index (χ4v) is 4.72. The number of ether oxygens (including phenoxy) is 3. The lowest BCUT2D eigenvalue weighted by Crippen LogP contribution is -2.43. The van der Waals surface area contributed by atoms with Crippen LogP contribution >= 0.6 is 0 Å². The fraction of sp³-hybridized carbons (Fsp3) is 0.577. The summed E-state index contributed by atoms with van der Waals surface area (Å²) in [5.74, 6) is 1.71. The third-order valence-electron chi connectivity index (χ3n) is 6.79. The van der Waals surface area contributed by atoms with Gasteiger partial charge in [-0.05, 0) is 63.7 Å². The molecule has 1 unspecified atom stereocenters. The van der Waals surface area contributed by atoms with E-state index < -0.39 is 5.54 Å². The molecule has 0 aliphatic carbocycles. The van der Waals surface area contributed by atoms with Crippen LogP contribution in [0.4, 0.5) is 4.79 Å². The molecule has 2 aromatic rings. The number of amides is 1. The lowest BCUT2D eigenvalue weighted by molar-refractivity contribution is 0.0514. The molecule has 1 amide bonds. The van der Waals surface area contributed by atoms with E-state index in [-0.39, 0.29) is 12.2 Å². The van der Waals surface area contributed by atoms with Gasteiger partial charge in [-0.25, -0.2) is 14.8 Å². The van der Waals surface area contributed by atoms with Crippen molar-refractivity contribution >= 4 is 6.09 Å². The molecule has 2 bridgehead atoms. The topological polar surface area (TPSA) is 85.8 Å². The van der Waals surface area contributed by atoms with E-state index in [4.69, 9.17) is 14.2 Å². The quantitative estimate of drug-likeness (QED) is 0.557. The van der Waals surface area contributed by atoms with Crippen molar-refractivity contribution in [2.45, 2.75) is 51.2 Å². The van der Waals surface area contributed by atoms with Gasteiger partial charge in [-0.1, -0.05) is 18.2 Å². The van der Waals surface area contributed by atoms with E-state index in [1.807, 2.05) is 38.1 Å². The lowest BCUT2D eigenvalue weighted by Gasteiger charge is -2.31. The van der Waals surface area contributed by atoms with E-state index in [0.717, 1.165) is 56.4 Å². The zero-order chi connectivity index (χ0) is 24.0. The SMILES string of the molecule is COCCCOc1cnc(-c2cccc(C(C)(C)NC(=O)OC3CCN4CCC3CC4)c2)nc1. The summed E-state index contributed by atoms with van der Waals surface area (Å²) in [6, 6.07) is 7.92. The Morgan fingerprint density at radius 2 is 1.85 bits per heavy atom. The number of nitrogens with zero attached hydrogens (tertiary/aromatic N) is 3. The number of benzene rings is 1. The van der Waals surface area contributed by atoms with E-state index in [0.29, 0.717) is 30.7 Å². The van der Waals surface area contributed by atoms with E-state index in [1.165, 1.54) is 0 Å². The lowest BCUT2D eigenvalue weighted by atomic mass is 9.92.